The molecule has 0 radical (unpaired) electrons. The molecule has 0 aromatic heterocycles. The largest absolute Gasteiger partial charge is 0.460 e. The molecule has 0 aromatic rings. The molecule has 0 aliphatic carbocycles. The molecule has 0 aliphatic heterocycles. The Labute approximate surface area is 299 Å². The van der Waals surface area contributed by atoms with Gasteiger partial charge in [-0.25, -0.2) is 0 Å². The summed E-state index contributed by atoms with van der Waals surface area (Å²) in [5.74, 6) is -120. The Hall–Kier alpha value is -2.50. The minimum Gasteiger partial charge on any atom is -0.392 e. The summed E-state index contributed by atoms with van der Waals surface area (Å²) in [6.07, 6.45) is -31.1. The lowest BCUT2D eigenvalue weighted by atomic mass is 9.87. The molecule has 356 valence electrons. The fraction of sp³-hybridized carbons (Fsp3) is 1.00. The zero-order chi connectivity index (χ0) is 48.7. The third-order valence-electron chi connectivity index (χ3n) is 7.32. The molecule has 37 heteroatoms. The summed E-state index contributed by atoms with van der Waals surface area (Å²) in [7, 11) is 0. The second-order valence-corrected chi connectivity index (χ2v) is 11.7. The van der Waals surface area contributed by atoms with Crippen molar-refractivity contribution in [1.82, 2.24) is 5.32 Å². The first-order valence-corrected chi connectivity index (χ1v) is 13.5. The SMILES string of the molecule is OC(CNCC(O)CC(F)(F)C(F)(F)C(F)(F)C(F)(F)C(F)(F)C(F)(F)C(F)(F)C(F)(F)F)CC(F)(F)C(F)(F)C(F)(F)C(F)(F)C(F)(F)C(F)(F)C(F)(F)C(F)(F)F. The Morgan fingerprint density at radius 3 is 0.576 bits per heavy atom. The van der Waals surface area contributed by atoms with Gasteiger partial charge in [0.15, 0.2) is 0 Å². The van der Waals surface area contributed by atoms with Crippen LogP contribution in [0, 0.1) is 0 Å². The number of halogens is 34. The number of aliphatic hydroxyl groups excluding tert-OH is 2. The van der Waals surface area contributed by atoms with E-state index in [-0.39, 0.29) is 0 Å². The molecule has 0 bridgehead atoms. The highest BCUT2D eigenvalue weighted by molar-refractivity contribution is 5.17. The molecule has 2 atom stereocenters. The Bertz CT molecular complexity index is 1340. The lowest BCUT2D eigenvalue weighted by Crippen LogP contribution is -2.74. The first-order valence-electron chi connectivity index (χ1n) is 13.5. The Kier molecular flexibility index (Phi) is 14.5. The maximum absolute atomic E-state index is 13.9. The average Bonchev–Trinajstić information content (AvgIpc) is 2.98. The zero-order valence-corrected chi connectivity index (χ0v) is 26.2. The predicted molar refractivity (Wildman–Crippen MR) is 115 cm³/mol. The minimum atomic E-state index is -9.07. The molecular weight excluding hydrogens is 956 g/mol. The van der Waals surface area contributed by atoms with Gasteiger partial charge in [-0.05, 0) is 0 Å². The monoisotopic (exact) mass is 969 g/mol. The van der Waals surface area contributed by atoms with E-state index in [0.717, 1.165) is 5.32 Å². The van der Waals surface area contributed by atoms with Gasteiger partial charge >= 0.3 is 95.3 Å². The molecule has 0 saturated heterocycles. The summed E-state index contributed by atoms with van der Waals surface area (Å²) in [4.78, 5) is 0. The normalized spacial score (nSPS) is 17.7. The van der Waals surface area contributed by atoms with Gasteiger partial charge in [0.05, 0.1) is 12.2 Å². The van der Waals surface area contributed by atoms with Crippen molar-refractivity contribution < 1.29 is 159 Å². The third kappa shape index (κ3) is 8.16. The van der Waals surface area contributed by atoms with Gasteiger partial charge in [0, 0.05) is 25.9 Å². The van der Waals surface area contributed by atoms with Gasteiger partial charge < -0.3 is 15.5 Å². The topological polar surface area (TPSA) is 52.5 Å². The van der Waals surface area contributed by atoms with Crippen molar-refractivity contribution in [2.45, 2.75) is 120 Å². The highest BCUT2D eigenvalue weighted by Gasteiger charge is 2.97. The summed E-state index contributed by atoms with van der Waals surface area (Å²) in [6, 6.07) is 0. The fourth-order valence-corrected chi connectivity index (χ4v) is 3.80. The van der Waals surface area contributed by atoms with Crippen molar-refractivity contribution in [3.05, 3.63) is 0 Å². The maximum atomic E-state index is 13.9. The van der Waals surface area contributed by atoms with Crippen molar-refractivity contribution in [3.8, 4) is 0 Å². The van der Waals surface area contributed by atoms with Gasteiger partial charge in [-0.1, -0.05) is 0 Å². The molecule has 3 N–H and O–H groups in total. The quantitative estimate of drug-likeness (QED) is 0.107. The highest BCUT2D eigenvalue weighted by Crippen LogP contribution is 2.66. The van der Waals surface area contributed by atoms with Crippen LogP contribution in [-0.4, -0.2) is 131 Å². The highest BCUT2D eigenvalue weighted by atomic mass is 19.4. The fourth-order valence-electron chi connectivity index (χ4n) is 3.80. The Morgan fingerprint density at radius 2 is 0.407 bits per heavy atom. The van der Waals surface area contributed by atoms with E-state index in [1.54, 1.807) is 0 Å². The number of hydrogen-bond donors (Lipinski definition) is 3. The molecule has 0 saturated carbocycles. The first-order chi connectivity index (χ1) is 25.0. The van der Waals surface area contributed by atoms with Gasteiger partial charge in [-0.2, -0.15) is 149 Å². The molecule has 2 unspecified atom stereocenters. The summed E-state index contributed by atoms with van der Waals surface area (Å²) in [5, 5.41) is 19.3. The van der Waals surface area contributed by atoms with Gasteiger partial charge in [0.2, 0.25) is 0 Å². The van der Waals surface area contributed by atoms with Crippen LogP contribution in [0.3, 0.4) is 0 Å². The minimum absolute atomic E-state index is 0.875. The molecule has 0 spiro atoms. The molecule has 0 aromatic carbocycles. The molecular formula is C22H13F34NO2. The molecule has 0 heterocycles. The van der Waals surface area contributed by atoms with Crippen LogP contribution in [0.2, 0.25) is 0 Å². The van der Waals surface area contributed by atoms with E-state index in [1.807, 2.05) is 0 Å². The van der Waals surface area contributed by atoms with Gasteiger partial charge in [-0.3, -0.25) is 0 Å². The van der Waals surface area contributed by atoms with Crippen LogP contribution < -0.4 is 5.32 Å². The van der Waals surface area contributed by atoms with E-state index in [9.17, 15) is 159 Å². The van der Waals surface area contributed by atoms with Crippen LogP contribution in [0.15, 0.2) is 0 Å². The lowest BCUT2D eigenvalue weighted by Gasteiger charge is -2.43. The van der Waals surface area contributed by atoms with E-state index in [2.05, 4.69) is 0 Å². The van der Waals surface area contributed by atoms with Gasteiger partial charge in [0.25, 0.3) is 0 Å². The first kappa shape index (κ1) is 56.5. The van der Waals surface area contributed by atoms with Crippen molar-refractivity contribution in [2.75, 3.05) is 13.1 Å². The molecule has 0 aliphatic rings. The number of rotatable bonds is 20. The van der Waals surface area contributed by atoms with Crippen LogP contribution in [-0.2, 0) is 0 Å². The van der Waals surface area contributed by atoms with E-state index in [4.69, 9.17) is 0 Å². The van der Waals surface area contributed by atoms with Crippen molar-refractivity contribution in [3.63, 3.8) is 0 Å². The third-order valence-corrected chi connectivity index (χ3v) is 7.32. The number of alkyl halides is 34. The summed E-state index contributed by atoms with van der Waals surface area (Å²) in [6.45, 7) is -4.64. The average molecular weight is 969 g/mol. The van der Waals surface area contributed by atoms with E-state index in [0.29, 0.717) is 0 Å². The van der Waals surface area contributed by atoms with Crippen molar-refractivity contribution >= 4 is 0 Å². The van der Waals surface area contributed by atoms with Gasteiger partial charge in [0.1, 0.15) is 0 Å². The van der Waals surface area contributed by atoms with Gasteiger partial charge in [-0.15, -0.1) is 0 Å². The molecule has 0 amide bonds. The van der Waals surface area contributed by atoms with E-state index in [1.165, 1.54) is 0 Å². The molecule has 3 nitrogen and oxygen atoms in total. The standard InChI is InChI=1S/C22H13F34NO2/c23-7(24,9(27,28)11(31,32)13(35,36)15(39,40)17(43,44)19(47,48)21(51,52)53)1-5(58)3-57-4-6(59)2-8(25,26)10(29,30)12(33,34)14(37,38)16(41,42)18(45,46)20(49,50)22(54,55)56/h5-6,57-59H,1-4H2. The van der Waals surface area contributed by atoms with E-state index >= 15 is 0 Å². The number of hydrogen-bond acceptors (Lipinski definition) is 3. The zero-order valence-electron chi connectivity index (χ0n) is 26.2. The predicted octanol–water partition coefficient (Wildman–Crippen LogP) is 10.1. The molecule has 0 fully saturated rings. The van der Waals surface area contributed by atoms with Crippen LogP contribution in [0.25, 0.3) is 0 Å². The number of nitrogens with one attached hydrogen (secondary N) is 1. The second-order valence-electron chi connectivity index (χ2n) is 11.7. The van der Waals surface area contributed by atoms with Crippen molar-refractivity contribution in [2.24, 2.45) is 0 Å². The van der Waals surface area contributed by atoms with Crippen LogP contribution in [0.4, 0.5) is 149 Å². The summed E-state index contributed by atoms with van der Waals surface area (Å²) < 4.78 is 452. The van der Waals surface area contributed by atoms with Crippen LogP contribution in [0.5, 0.6) is 0 Å². The smallest absolute Gasteiger partial charge is 0.392 e. The summed E-state index contributed by atoms with van der Waals surface area (Å²) >= 11 is 0. The maximum Gasteiger partial charge on any atom is 0.460 e. The molecule has 59 heavy (non-hydrogen) atoms. The van der Waals surface area contributed by atoms with Crippen LogP contribution in [0.1, 0.15) is 12.8 Å². The Balaban J connectivity index is 6.25. The summed E-state index contributed by atoms with van der Waals surface area (Å²) in [5.41, 5.74) is 0. The number of aliphatic hydroxyl groups is 2. The lowest BCUT2D eigenvalue weighted by molar-refractivity contribution is -0.462. The van der Waals surface area contributed by atoms with E-state index < -0.39 is 133 Å². The Morgan fingerprint density at radius 1 is 0.254 bits per heavy atom. The van der Waals surface area contributed by atoms with Crippen molar-refractivity contribution in [1.29, 1.82) is 0 Å². The molecule has 0 rings (SSSR count). The van der Waals surface area contributed by atoms with Crippen LogP contribution >= 0.6 is 0 Å². The second kappa shape index (κ2) is 15.1.